The Morgan fingerprint density at radius 2 is 2.00 bits per heavy atom. The summed E-state index contributed by atoms with van der Waals surface area (Å²) < 4.78 is 4.32. The molecule has 1 N–H and O–H groups in total. The molecular formula is C7H14N2O3. The summed E-state index contributed by atoms with van der Waals surface area (Å²) in [4.78, 5) is 22.9. The molecule has 5 nitrogen and oxygen atoms in total. The molecular weight excluding hydrogens is 160 g/mol. The molecule has 0 fully saturated rings. The Kier molecular flexibility index (Phi) is 4.83. The second-order valence-corrected chi connectivity index (χ2v) is 2.46. The van der Waals surface area contributed by atoms with Crippen LogP contribution in [-0.4, -0.2) is 44.7 Å². The van der Waals surface area contributed by atoms with Crippen molar-refractivity contribution in [3.05, 3.63) is 0 Å². The molecule has 0 aliphatic carbocycles. The highest BCUT2D eigenvalue weighted by Crippen LogP contribution is 1.84. The zero-order valence-electron chi connectivity index (χ0n) is 7.59. The highest BCUT2D eigenvalue weighted by Gasteiger charge is 2.04. The van der Waals surface area contributed by atoms with Gasteiger partial charge in [-0.15, -0.1) is 0 Å². The molecule has 12 heavy (non-hydrogen) atoms. The fraction of sp³-hybridized carbons (Fsp3) is 0.714. The Labute approximate surface area is 71.7 Å². The van der Waals surface area contributed by atoms with Crippen molar-refractivity contribution in [2.75, 3.05) is 27.7 Å². The van der Waals surface area contributed by atoms with Gasteiger partial charge in [0.1, 0.15) is 0 Å². The van der Waals surface area contributed by atoms with Gasteiger partial charge in [0.2, 0.25) is 5.91 Å². The monoisotopic (exact) mass is 174 g/mol. The van der Waals surface area contributed by atoms with Gasteiger partial charge < -0.3 is 15.0 Å². The van der Waals surface area contributed by atoms with Gasteiger partial charge in [0, 0.05) is 27.1 Å². The average Bonchev–Trinajstić information content (AvgIpc) is 2.03. The number of carbonyl (C=O) groups excluding carboxylic acids is 2. The second-order valence-electron chi connectivity index (χ2n) is 2.46. The zero-order valence-corrected chi connectivity index (χ0v) is 7.59. The van der Waals surface area contributed by atoms with Crippen molar-refractivity contribution >= 4 is 12.0 Å². The van der Waals surface area contributed by atoms with Gasteiger partial charge in [-0.05, 0) is 0 Å². The highest BCUT2D eigenvalue weighted by molar-refractivity contribution is 5.76. The number of amides is 2. The van der Waals surface area contributed by atoms with Crippen molar-refractivity contribution in [2.24, 2.45) is 0 Å². The van der Waals surface area contributed by atoms with Crippen LogP contribution in [0.5, 0.6) is 0 Å². The van der Waals surface area contributed by atoms with Crippen LogP contribution in [0.25, 0.3) is 0 Å². The van der Waals surface area contributed by atoms with Gasteiger partial charge in [0.25, 0.3) is 0 Å². The lowest BCUT2D eigenvalue weighted by atomic mass is 10.4. The molecule has 0 saturated heterocycles. The van der Waals surface area contributed by atoms with Crippen molar-refractivity contribution in [3.8, 4) is 0 Å². The minimum Gasteiger partial charge on any atom is -0.453 e. The Bertz CT molecular complexity index is 168. The predicted molar refractivity (Wildman–Crippen MR) is 43.7 cm³/mol. The smallest absolute Gasteiger partial charge is 0.406 e. The van der Waals surface area contributed by atoms with E-state index in [0.717, 1.165) is 0 Å². The summed E-state index contributed by atoms with van der Waals surface area (Å²) in [6.45, 7) is 0.309. The summed E-state index contributed by atoms with van der Waals surface area (Å²) in [5, 5.41) is 2.41. The maximum absolute atomic E-state index is 10.9. The Morgan fingerprint density at radius 1 is 1.42 bits per heavy atom. The molecule has 0 saturated carbocycles. The van der Waals surface area contributed by atoms with E-state index in [0.29, 0.717) is 13.0 Å². The third kappa shape index (κ3) is 4.54. The predicted octanol–water partition coefficient (Wildman–Crippen LogP) is -0.179. The summed E-state index contributed by atoms with van der Waals surface area (Å²) in [5.74, 6) is -0.0218. The first-order valence-electron chi connectivity index (χ1n) is 3.60. The van der Waals surface area contributed by atoms with E-state index in [1.54, 1.807) is 14.1 Å². The molecule has 70 valence electrons. The third-order valence-corrected chi connectivity index (χ3v) is 1.29. The van der Waals surface area contributed by atoms with Crippen LogP contribution in [-0.2, 0) is 9.53 Å². The maximum Gasteiger partial charge on any atom is 0.406 e. The standard InChI is InChI=1S/C7H14N2O3/c1-9(2)6(10)4-5-8-7(11)12-3/h4-5H2,1-3H3,(H,8,11). The van der Waals surface area contributed by atoms with E-state index in [4.69, 9.17) is 0 Å². The lowest BCUT2D eigenvalue weighted by Crippen LogP contribution is -2.29. The van der Waals surface area contributed by atoms with Gasteiger partial charge in [-0.1, -0.05) is 0 Å². The third-order valence-electron chi connectivity index (χ3n) is 1.29. The van der Waals surface area contributed by atoms with Gasteiger partial charge in [-0.3, -0.25) is 4.79 Å². The first kappa shape index (κ1) is 10.7. The number of hydrogen-bond acceptors (Lipinski definition) is 3. The number of hydrogen-bond donors (Lipinski definition) is 1. The first-order valence-corrected chi connectivity index (χ1v) is 3.60. The summed E-state index contributed by atoms with van der Waals surface area (Å²) in [6, 6.07) is 0. The molecule has 0 heterocycles. The zero-order chi connectivity index (χ0) is 9.56. The van der Waals surface area contributed by atoms with E-state index < -0.39 is 6.09 Å². The lowest BCUT2D eigenvalue weighted by molar-refractivity contribution is -0.128. The van der Waals surface area contributed by atoms with Crippen LogP contribution in [0.3, 0.4) is 0 Å². The number of carbonyl (C=O) groups is 2. The minimum absolute atomic E-state index is 0.0218. The van der Waals surface area contributed by atoms with E-state index in [2.05, 4.69) is 10.1 Å². The van der Waals surface area contributed by atoms with Crippen molar-refractivity contribution in [1.29, 1.82) is 0 Å². The second kappa shape index (κ2) is 5.40. The van der Waals surface area contributed by atoms with Crippen LogP contribution in [0.2, 0.25) is 0 Å². The normalized spacial score (nSPS) is 8.92. The largest absolute Gasteiger partial charge is 0.453 e. The van der Waals surface area contributed by atoms with Crippen molar-refractivity contribution in [3.63, 3.8) is 0 Å². The first-order chi connectivity index (χ1) is 5.57. The van der Waals surface area contributed by atoms with Crippen molar-refractivity contribution in [1.82, 2.24) is 10.2 Å². The van der Waals surface area contributed by atoms with Crippen molar-refractivity contribution < 1.29 is 14.3 Å². The fourth-order valence-corrected chi connectivity index (χ4v) is 0.567. The maximum atomic E-state index is 10.9. The number of methoxy groups -OCH3 is 1. The van der Waals surface area contributed by atoms with E-state index >= 15 is 0 Å². The quantitative estimate of drug-likeness (QED) is 0.645. The van der Waals surface area contributed by atoms with Gasteiger partial charge in [0.05, 0.1) is 7.11 Å². The lowest BCUT2D eigenvalue weighted by Gasteiger charge is -2.09. The van der Waals surface area contributed by atoms with E-state index in [1.807, 2.05) is 0 Å². The summed E-state index contributed by atoms with van der Waals surface area (Å²) in [7, 11) is 4.62. The van der Waals surface area contributed by atoms with Crippen LogP contribution >= 0.6 is 0 Å². The molecule has 0 aromatic rings. The summed E-state index contributed by atoms with van der Waals surface area (Å²) in [5.41, 5.74) is 0. The summed E-state index contributed by atoms with van der Waals surface area (Å²) >= 11 is 0. The average molecular weight is 174 g/mol. The minimum atomic E-state index is -0.512. The topological polar surface area (TPSA) is 58.6 Å². The number of nitrogens with one attached hydrogen (secondary N) is 1. The highest BCUT2D eigenvalue weighted by atomic mass is 16.5. The van der Waals surface area contributed by atoms with Crippen LogP contribution in [0.4, 0.5) is 4.79 Å². The molecule has 0 rings (SSSR count). The number of alkyl carbamates (subject to hydrolysis) is 1. The molecule has 0 atom stereocenters. The van der Waals surface area contributed by atoms with Crippen molar-refractivity contribution in [2.45, 2.75) is 6.42 Å². The van der Waals surface area contributed by atoms with E-state index in [1.165, 1.54) is 12.0 Å². The molecule has 0 aromatic carbocycles. The van der Waals surface area contributed by atoms with Gasteiger partial charge >= 0.3 is 6.09 Å². The molecule has 0 spiro atoms. The van der Waals surface area contributed by atoms with Crippen LogP contribution in [0, 0.1) is 0 Å². The van der Waals surface area contributed by atoms with Crippen LogP contribution < -0.4 is 5.32 Å². The van der Waals surface area contributed by atoms with Crippen LogP contribution in [0.15, 0.2) is 0 Å². The Hall–Kier alpha value is -1.26. The molecule has 0 bridgehead atoms. The molecule has 2 amide bonds. The van der Waals surface area contributed by atoms with Gasteiger partial charge in [0.15, 0.2) is 0 Å². The molecule has 0 unspecified atom stereocenters. The SMILES string of the molecule is COC(=O)NCCC(=O)N(C)C. The molecule has 0 aliphatic rings. The van der Waals surface area contributed by atoms with E-state index in [-0.39, 0.29) is 5.91 Å². The number of nitrogens with zero attached hydrogens (tertiary/aromatic N) is 1. The molecule has 0 aromatic heterocycles. The Balaban J connectivity index is 3.44. The number of rotatable bonds is 3. The fourth-order valence-electron chi connectivity index (χ4n) is 0.567. The number of ether oxygens (including phenoxy) is 1. The summed E-state index contributed by atoms with van der Waals surface area (Å²) in [6.07, 6.45) is -0.219. The molecule has 0 radical (unpaired) electrons. The van der Waals surface area contributed by atoms with Gasteiger partial charge in [-0.2, -0.15) is 0 Å². The van der Waals surface area contributed by atoms with Crippen LogP contribution in [0.1, 0.15) is 6.42 Å². The molecule has 5 heteroatoms. The Morgan fingerprint density at radius 3 is 2.42 bits per heavy atom. The van der Waals surface area contributed by atoms with E-state index in [9.17, 15) is 9.59 Å². The molecule has 0 aliphatic heterocycles. The van der Waals surface area contributed by atoms with Gasteiger partial charge in [-0.25, -0.2) is 4.79 Å².